The fourth-order valence-corrected chi connectivity index (χ4v) is 2.53. The highest BCUT2D eigenvalue weighted by molar-refractivity contribution is 5.70. The Morgan fingerprint density at radius 2 is 1.83 bits per heavy atom. The van der Waals surface area contributed by atoms with Gasteiger partial charge in [0.2, 0.25) is 0 Å². The zero-order valence-corrected chi connectivity index (χ0v) is 13.7. The largest absolute Gasteiger partial charge is 0.273 e. The zero-order chi connectivity index (χ0) is 16.5. The Labute approximate surface area is 137 Å². The molecule has 2 aromatic rings. The van der Waals surface area contributed by atoms with Crippen molar-refractivity contribution in [3.8, 4) is 11.1 Å². The third-order valence-electron chi connectivity index (χ3n) is 3.85. The van der Waals surface area contributed by atoms with E-state index < -0.39 is 0 Å². The van der Waals surface area contributed by atoms with Gasteiger partial charge in [-0.25, -0.2) is 9.38 Å². The molecule has 2 nitrogen and oxygen atoms in total. The van der Waals surface area contributed by atoms with Crippen molar-refractivity contribution in [3.05, 3.63) is 59.9 Å². The SMILES string of the molecule is C/C=N\C=N/CC(CC)Cc1cccc(-c2cccc(F)c2)c1. The van der Waals surface area contributed by atoms with Crippen LogP contribution < -0.4 is 0 Å². The number of hydrogen-bond acceptors (Lipinski definition) is 1. The third kappa shape index (κ3) is 5.44. The molecule has 1 unspecified atom stereocenters. The van der Waals surface area contributed by atoms with Gasteiger partial charge in [0.25, 0.3) is 0 Å². The van der Waals surface area contributed by atoms with Crippen molar-refractivity contribution >= 4 is 12.6 Å². The van der Waals surface area contributed by atoms with Gasteiger partial charge in [0, 0.05) is 12.8 Å². The van der Waals surface area contributed by atoms with Gasteiger partial charge in [0.1, 0.15) is 12.2 Å². The maximum Gasteiger partial charge on any atom is 0.123 e. The number of halogens is 1. The average molecular weight is 310 g/mol. The molecule has 0 aliphatic carbocycles. The molecule has 120 valence electrons. The van der Waals surface area contributed by atoms with Crippen LogP contribution in [0.1, 0.15) is 25.8 Å². The first-order valence-corrected chi connectivity index (χ1v) is 8.04. The smallest absolute Gasteiger partial charge is 0.123 e. The van der Waals surface area contributed by atoms with Crippen molar-refractivity contribution in [1.29, 1.82) is 0 Å². The minimum absolute atomic E-state index is 0.204. The molecule has 0 amide bonds. The van der Waals surface area contributed by atoms with Crippen LogP contribution in [0.2, 0.25) is 0 Å². The molecule has 0 saturated heterocycles. The van der Waals surface area contributed by atoms with Crippen LogP contribution in [0.4, 0.5) is 4.39 Å². The topological polar surface area (TPSA) is 24.7 Å². The molecule has 0 spiro atoms. The van der Waals surface area contributed by atoms with Gasteiger partial charge in [0.15, 0.2) is 0 Å². The fourth-order valence-electron chi connectivity index (χ4n) is 2.53. The Hall–Kier alpha value is -2.29. The van der Waals surface area contributed by atoms with E-state index in [1.165, 1.54) is 11.6 Å². The highest BCUT2D eigenvalue weighted by Gasteiger charge is 2.08. The molecule has 0 aliphatic rings. The van der Waals surface area contributed by atoms with E-state index in [0.717, 1.165) is 30.5 Å². The molecule has 3 heteroatoms. The monoisotopic (exact) mass is 310 g/mol. The van der Waals surface area contributed by atoms with E-state index in [2.05, 4.69) is 29.0 Å². The van der Waals surface area contributed by atoms with Gasteiger partial charge in [-0.1, -0.05) is 49.7 Å². The first-order valence-electron chi connectivity index (χ1n) is 8.04. The van der Waals surface area contributed by atoms with Crippen LogP contribution in [0.5, 0.6) is 0 Å². The summed E-state index contributed by atoms with van der Waals surface area (Å²) in [6.45, 7) is 4.83. The van der Waals surface area contributed by atoms with Gasteiger partial charge in [-0.2, -0.15) is 0 Å². The minimum atomic E-state index is -0.204. The van der Waals surface area contributed by atoms with Crippen molar-refractivity contribution < 1.29 is 4.39 Å². The molecule has 0 bridgehead atoms. The van der Waals surface area contributed by atoms with E-state index in [1.807, 2.05) is 25.1 Å². The maximum absolute atomic E-state index is 13.4. The fraction of sp³-hybridized carbons (Fsp3) is 0.300. The van der Waals surface area contributed by atoms with Gasteiger partial charge in [-0.05, 0) is 48.1 Å². The Morgan fingerprint density at radius 3 is 2.52 bits per heavy atom. The average Bonchev–Trinajstić information content (AvgIpc) is 2.58. The lowest BCUT2D eigenvalue weighted by Gasteiger charge is -2.13. The highest BCUT2D eigenvalue weighted by Crippen LogP contribution is 2.23. The molecule has 2 aromatic carbocycles. The summed E-state index contributed by atoms with van der Waals surface area (Å²) in [6, 6.07) is 15.0. The van der Waals surface area contributed by atoms with E-state index >= 15 is 0 Å². The van der Waals surface area contributed by atoms with Gasteiger partial charge in [-0.3, -0.25) is 4.99 Å². The molecule has 0 N–H and O–H groups in total. The summed E-state index contributed by atoms with van der Waals surface area (Å²) in [6.07, 6.45) is 5.38. The molecule has 0 fully saturated rings. The third-order valence-corrected chi connectivity index (χ3v) is 3.85. The summed E-state index contributed by atoms with van der Waals surface area (Å²) in [5.74, 6) is 0.284. The van der Waals surface area contributed by atoms with Gasteiger partial charge in [0.05, 0.1) is 0 Å². The first-order chi connectivity index (χ1) is 11.2. The Morgan fingerprint density at radius 1 is 1.09 bits per heavy atom. The van der Waals surface area contributed by atoms with Crippen molar-refractivity contribution in [2.24, 2.45) is 15.9 Å². The second-order valence-electron chi connectivity index (χ2n) is 5.58. The van der Waals surface area contributed by atoms with Crippen molar-refractivity contribution in [3.63, 3.8) is 0 Å². The standard InChI is InChI=1S/C20H23FN2/c1-3-16(14-23-15-22-4-2)11-17-7-5-8-18(12-17)19-9-6-10-20(21)13-19/h4-10,12-13,15-16H,3,11,14H2,1-2H3/b22-4-,23-15-. The van der Waals surface area contributed by atoms with E-state index in [1.54, 1.807) is 24.7 Å². The molecule has 0 aromatic heterocycles. The number of nitrogens with zero attached hydrogens (tertiary/aromatic N) is 2. The van der Waals surface area contributed by atoms with Crippen LogP contribution in [-0.4, -0.2) is 19.1 Å². The Bertz CT molecular complexity index is 677. The normalized spacial score (nSPS) is 13.0. The summed E-state index contributed by atoms with van der Waals surface area (Å²) < 4.78 is 13.4. The first kappa shape index (κ1) is 17.1. The zero-order valence-electron chi connectivity index (χ0n) is 13.7. The molecule has 0 radical (unpaired) electrons. The van der Waals surface area contributed by atoms with E-state index in [4.69, 9.17) is 0 Å². The predicted molar refractivity (Wildman–Crippen MR) is 96.8 cm³/mol. The number of hydrogen-bond donors (Lipinski definition) is 0. The van der Waals surface area contributed by atoms with Crippen molar-refractivity contribution in [2.45, 2.75) is 26.7 Å². The molecule has 23 heavy (non-hydrogen) atoms. The van der Waals surface area contributed by atoms with Crippen LogP contribution in [0.25, 0.3) is 11.1 Å². The van der Waals surface area contributed by atoms with E-state index in [-0.39, 0.29) is 5.82 Å². The van der Waals surface area contributed by atoms with E-state index in [9.17, 15) is 4.39 Å². The van der Waals surface area contributed by atoms with Crippen molar-refractivity contribution in [1.82, 2.24) is 0 Å². The Balaban J connectivity index is 2.09. The van der Waals surface area contributed by atoms with Crippen LogP contribution in [-0.2, 0) is 6.42 Å². The quantitative estimate of drug-likeness (QED) is 0.497. The number of benzene rings is 2. The minimum Gasteiger partial charge on any atom is -0.273 e. The van der Waals surface area contributed by atoms with Gasteiger partial charge < -0.3 is 0 Å². The second-order valence-corrected chi connectivity index (χ2v) is 5.58. The molecule has 0 saturated carbocycles. The highest BCUT2D eigenvalue weighted by atomic mass is 19.1. The van der Waals surface area contributed by atoms with Crippen LogP contribution in [0.15, 0.2) is 58.5 Å². The summed E-state index contributed by atoms with van der Waals surface area (Å²) >= 11 is 0. The van der Waals surface area contributed by atoms with Gasteiger partial charge >= 0.3 is 0 Å². The summed E-state index contributed by atoms with van der Waals surface area (Å²) in [5.41, 5.74) is 3.22. The second kappa shape index (κ2) is 8.99. The molecular formula is C20H23FN2. The molecule has 0 heterocycles. The lowest BCUT2D eigenvalue weighted by molar-refractivity contribution is 0.520. The lowest BCUT2D eigenvalue weighted by atomic mass is 9.94. The van der Waals surface area contributed by atoms with Crippen LogP contribution in [0, 0.1) is 11.7 Å². The summed E-state index contributed by atoms with van der Waals surface area (Å²) in [4.78, 5) is 8.34. The Kier molecular flexibility index (Phi) is 6.67. The summed E-state index contributed by atoms with van der Waals surface area (Å²) in [7, 11) is 0. The number of aliphatic imine (C=N–C) groups is 2. The maximum atomic E-state index is 13.4. The molecule has 2 rings (SSSR count). The molecular weight excluding hydrogens is 287 g/mol. The molecule has 1 atom stereocenters. The van der Waals surface area contributed by atoms with E-state index in [0.29, 0.717) is 5.92 Å². The van der Waals surface area contributed by atoms with Crippen molar-refractivity contribution in [2.75, 3.05) is 6.54 Å². The van der Waals surface area contributed by atoms with Crippen LogP contribution in [0.3, 0.4) is 0 Å². The predicted octanol–water partition coefficient (Wildman–Crippen LogP) is 5.18. The number of rotatable bonds is 7. The summed E-state index contributed by atoms with van der Waals surface area (Å²) in [5, 5.41) is 0. The van der Waals surface area contributed by atoms with Gasteiger partial charge in [-0.15, -0.1) is 0 Å². The van der Waals surface area contributed by atoms with Crippen LogP contribution >= 0.6 is 0 Å². The molecule has 0 aliphatic heterocycles. The lowest BCUT2D eigenvalue weighted by Crippen LogP contribution is -2.07.